The van der Waals surface area contributed by atoms with Gasteiger partial charge in [0.15, 0.2) is 0 Å². The predicted molar refractivity (Wildman–Crippen MR) is 70.5 cm³/mol. The van der Waals surface area contributed by atoms with Crippen molar-refractivity contribution in [2.75, 3.05) is 26.2 Å². The molecule has 0 radical (unpaired) electrons. The Hall–Kier alpha value is -0.650. The molecular formula is C14H24N2O3. The van der Waals surface area contributed by atoms with Crippen LogP contribution in [-0.2, 0) is 9.53 Å². The van der Waals surface area contributed by atoms with Gasteiger partial charge in [-0.3, -0.25) is 4.79 Å². The van der Waals surface area contributed by atoms with E-state index in [-0.39, 0.29) is 17.4 Å². The summed E-state index contributed by atoms with van der Waals surface area (Å²) in [6, 6.07) is 0. The van der Waals surface area contributed by atoms with Crippen LogP contribution in [0.5, 0.6) is 0 Å². The zero-order valence-electron chi connectivity index (χ0n) is 11.4. The SMILES string of the molecule is NC(=O)C1CCN(CC2(O)CCC3(CC2)CO3)CC1. The first-order chi connectivity index (χ1) is 9.00. The summed E-state index contributed by atoms with van der Waals surface area (Å²) in [7, 11) is 0. The maximum atomic E-state index is 11.1. The normalized spacial score (nSPS) is 40.5. The third-order valence-corrected chi connectivity index (χ3v) is 5.15. The molecule has 3 fully saturated rings. The van der Waals surface area contributed by atoms with Crippen LogP contribution in [0.4, 0.5) is 0 Å². The molecule has 1 amide bonds. The van der Waals surface area contributed by atoms with Crippen molar-refractivity contribution < 1.29 is 14.6 Å². The molecule has 108 valence electrons. The van der Waals surface area contributed by atoms with E-state index in [9.17, 15) is 9.90 Å². The number of β-amino-alcohol motifs (C(OH)–C–C–N with tert-alkyl or cyclic N) is 1. The van der Waals surface area contributed by atoms with E-state index in [1.807, 2.05) is 0 Å². The Morgan fingerprint density at radius 1 is 1.26 bits per heavy atom. The molecule has 2 heterocycles. The van der Waals surface area contributed by atoms with E-state index in [1.54, 1.807) is 0 Å². The smallest absolute Gasteiger partial charge is 0.220 e. The van der Waals surface area contributed by atoms with Gasteiger partial charge in [-0.15, -0.1) is 0 Å². The number of amides is 1. The molecule has 2 saturated heterocycles. The summed E-state index contributed by atoms with van der Waals surface area (Å²) in [5, 5.41) is 10.7. The largest absolute Gasteiger partial charge is 0.389 e. The molecule has 1 saturated carbocycles. The third-order valence-electron chi connectivity index (χ3n) is 5.15. The van der Waals surface area contributed by atoms with Crippen LogP contribution in [0.15, 0.2) is 0 Å². The van der Waals surface area contributed by atoms with Crippen molar-refractivity contribution in [2.24, 2.45) is 11.7 Å². The predicted octanol–water partition coefficient (Wildman–Crippen LogP) is 0.258. The topological polar surface area (TPSA) is 79.1 Å². The first kappa shape index (κ1) is 13.3. The molecule has 5 nitrogen and oxygen atoms in total. The van der Waals surface area contributed by atoms with E-state index in [0.717, 1.165) is 64.8 Å². The number of piperidine rings is 1. The summed E-state index contributed by atoms with van der Waals surface area (Å²) in [5.41, 5.74) is 4.91. The first-order valence-corrected chi connectivity index (χ1v) is 7.38. The minimum Gasteiger partial charge on any atom is -0.389 e. The van der Waals surface area contributed by atoms with Gasteiger partial charge in [0.2, 0.25) is 5.91 Å². The second-order valence-corrected chi connectivity index (χ2v) is 6.65. The van der Waals surface area contributed by atoms with E-state index in [0.29, 0.717) is 0 Å². The number of likely N-dealkylation sites (tertiary alicyclic amines) is 1. The summed E-state index contributed by atoms with van der Waals surface area (Å²) in [6.07, 6.45) is 5.31. The molecule has 2 aliphatic heterocycles. The van der Waals surface area contributed by atoms with Crippen molar-refractivity contribution in [3.8, 4) is 0 Å². The zero-order valence-corrected chi connectivity index (χ0v) is 11.4. The van der Waals surface area contributed by atoms with Crippen molar-refractivity contribution in [1.29, 1.82) is 0 Å². The Bertz CT molecular complexity index is 350. The number of aliphatic hydroxyl groups is 1. The van der Waals surface area contributed by atoms with Gasteiger partial charge < -0.3 is 20.5 Å². The van der Waals surface area contributed by atoms with Crippen LogP contribution < -0.4 is 5.73 Å². The quantitative estimate of drug-likeness (QED) is 0.720. The molecule has 0 aromatic rings. The highest BCUT2D eigenvalue weighted by Gasteiger charge is 2.51. The Morgan fingerprint density at radius 2 is 1.84 bits per heavy atom. The van der Waals surface area contributed by atoms with Crippen molar-refractivity contribution in [3.63, 3.8) is 0 Å². The van der Waals surface area contributed by atoms with E-state index in [2.05, 4.69) is 4.90 Å². The summed E-state index contributed by atoms with van der Waals surface area (Å²) in [5.74, 6) is -0.149. The molecule has 0 atom stereocenters. The fraction of sp³-hybridized carbons (Fsp3) is 0.929. The van der Waals surface area contributed by atoms with Crippen LogP contribution >= 0.6 is 0 Å². The molecule has 0 unspecified atom stereocenters. The molecule has 0 bridgehead atoms. The molecule has 1 spiro atoms. The lowest BCUT2D eigenvalue weighted by molar-refractivity contribution is -0.123. The van der Waals surface area contributed by atoms with Crippen LogP contribution in [0, 0.1) is 5.92 Å². The maximum absolute atomic E-state index is 11.1. The molecule has 0 aromatic heterocycles. The maximum Gasteiger partial charge on any atom is 0.220 e. The summed E-state index contributed by atoms with van der Waals surface area (Å²) in [6.45, 7) is 3.36. The van der Waals surface area contributed by atoms with Crippen molar-refractivity contribution in [1.82, 2.24) is 4.90 Å². The second kappa shape index (κ2) is 4.72. The Kier molecular flexibility index (Phi) is 3.31. The number of epoxide rings is 1. The van der Waals surface area contributed by atoms with Crippen molar-refractivity contribution in [2.45, 2.75) is 49.7 Å². The molecule has 3 rings (SSSR count). The lowest BCUT2D eigenvalue weighted by atomic mass is 9.78. The molecule has 3 N–H and O–H groups in total. The minimum atomic E-state index is -0.559. The number of nitrogens with two attached hydrogens (primary N) is 1. The lowest BCUT2D eigenvalue weighted by Crippen LogP contribution is -2.49. The molecule has 1 aliphatic carbocycles. The van der Waals surface area contributed by atoms with E-state index in [1.165, 1.54) is 0 Å². The number of hydrogen-bond acceptors (Lipinski definition) is 4. The lowest BCUT2D eigenvalue weighted by Gasteiger charge is -2.40. The van der Waals surface area contributed by atoms with Crippen LogP contribution in [0.1, 0.15) is 38.5 Å². The van der Waals surface area contributed by atoms with Gasteiger partial charge in [0.25, 0.3) is 0 Å². The Balaban J connectivity index is 1.47. The van der Waals surface area contributed by atoms with Gasteiger partial charge in [0.05, 0.1) is 17.8 Å². The summed E-state index contributed by atoms with van der Waals surface area (Å²) < 4.78 is 5.48. The van der Waals surface area contributed by atoms with Gasteiger partial charge >= 0.3 is 0 Å². The summed E-state index contributed by atoms with van der Waals surface area (Å²) >= 11 is 0. The third kappa shape index (κ3) is 2.93. The number of carbonyl (C=O) groups excluding carboxylic acids is 1. The van der Waals surface area contributed by atoms with Crippen LogP contribution in [0.25, 0.3) is 0 Å². The standard InChI is InChI=1S/C14H24N2O3/c15-12(17)11-1-7-16(8-2-11)9-13(18)3-5-14(6-4-13)10-19-14/h11,18H,1-10H2,(H2,15,17). The highest BCUT2D eigenvalue weighted by molar-refractivity contribution is 5.76. The average Bonchev–Trinajstić information content (AvgIpc) is 3.15. The van der Waals surface area contributed by atoms with E-state index < -0.39 is 5.60 Å². The van der Waals surface area contributed by atoms with Crippen molar-refractivity contribution in [3.05, 3.63) is 0 Å². The van der Waals surface area contributed by atoms with E-state index >= 15 is 0 Å². The van der Waals surface area contributed by atoms with Gasteiger partial charge in [-0.2, -0.15) is 0 Å². The summed E-state index contributed by atoms with van der Waals surface area (Å²) in [4.78, 5) is 13.4. The minimum absolute atomic E-state index is 0.0281. The van der Waals surface area contributed by atoms with Crippen LogP contribution in [0.2, 0.25) is 0 Å². The van der Waals surface area contributed by atoms with Crippen LogP contribution in [0.3, 0.4) is 0 Å². The van der Waals surface area contributed by atoms with Crippen LogP contribution in [-0.4, -0.2) is 53.4 Å². The second-order valence-electron chi connectivity index (χ2n) is 6.65. The zero-order chi connectivity index (χ0) is 13.5. The molecule has 3 aliphatic rings. The Morgan fingerprint density at radius 3 is 2.32 bits per heavy atom. The number of primary amides is 1. The van der Waals surface area contributed by atoms with E-state index in [4.69, 9.17) is 10.5 Å². The highest BCUT2D eigenvalue weighted by Crippen LogP contribution is 2.45. The highest BCUT2D eigenvalue weighted by atomic mass is 16.6. The average molecular weight is 268 g/mol. The van der Waals surface area contributed by atoms with Gasteiger partial charge in [-0.05, 0) is 51.6 Å². The Labute approximate surface area is 114 Å². The first-order valence-electron chi connectivity index (χ1n) is 7.38. The molecule has 0 aromatic carbocycles. The molecule has 5 heteroatoms. The number of ether oxygens (including phenoxy) is 1. The number of carbonyl (C=O) groups is 1. The van der Waals surface area contributed by atoms with Gasteiger partial charge in [0, 0.05) is 12.5 Å². The molecule has 19 heavy (non-hydrogen) atoms. The van der Waals surface area contributed by atoms with Gasteiger partial charge in [-0.25, -0.2) is 0 Å². The number of nitrogens with zero attached hydrogens (tertiary/aromatic N) is 1. The van der Waals surface area contributed by atoms with Gasteiger partial charge in [-0.1, -0.05) is 0 Å². The number of hydrogen-bond donors (Lipinski definition) is 2. The number of rotatable bonds is 3. The van der Waals surface area contributed by atoms with Gasteiger partial charge in [0.1, 0.15) is 0 Å². The monoisotopic (exact) mass is 268 g/mol. The fourth-order valence-electron chi connectivity index (χ4n) is 3.51. The van der Waals surface area contributed by atoms with Crippen molar-refractivity contribution >= 4 is 5.91 Å². The molecular weight excluding hydrogens is 244 g/mol. The fourth-order valence-corrected chi connectivity index (χ4v) is 3.51.